The van der Waals surface area contributed by atoms with E-state index in [2.05, 4.69) is 10.3 Å². The van der Waals surface area contributed by atoms with Gasteiger partial charge < -0.3 is 15.2 Å². The summed E-state index contributed by atoms with van der Waals surface area (Å²) in [5.41, 5.74) is -2.59. The van der Waals surface area contributed by atoms with E-state index in [1.165, 1.54) is 7.11 Å². The fourth-order valence-electron chi connectivity index (χ4n) is 2.43. The Morgan fingerprint density at radius 1 is 1.17 bits per heavy atom. The molecule has 0 amide bonds. The number of rotatable bonds is 8. The van der Waals surface area contributed by atoms with Crippen LogP contribution in [-0.4, -0.2) is 41.4 Å². The quantitative estimate of drug-likeness (QED) is 0.282. The number of anilines is 1. The Kier molecular flexibility index (Phi) is 6.77. The van der Waals surface area contributed by atoms with Gasteiger partial charge in [-0.2, -0.15) is 13.2 Å². The largest absolute Gasteiger partial charge is 0.504 e. The molecule has 2 N–H and O–H groups in total. The zero-order valence-electron chi connectivity index (χ0n) is 15.3. The molecule has 0 aliphatic heterocycles. The van der Waals surface area contributed by atoms with Crippen molar-refractivity contribution in [3.63, 3.8) is 0 Å². The zero-order valence-corrected chi connectivity index (χ0v) is 15.3. The summed E-state index contributed by atoms with van der Waals surface area (Å²) in [6, 6.07) is 4.41. The van der Waals surface area contributed by atoms with Crippen LogP contribution in [0.1, 0.15) is 11.1 Å². The Balaban J connectivity index is 2.12. The van der Waals surface area contributed by atoms with Crippen LogP contribution in [0, 0.1) is 20.2 Å². The molecule has 2 aromatic carbocycles. The van der Waals surface area contributed by atoms with Gasteiger partial charge in [0.1, 0.15) is 0 Å². The van der Waals surface area contributed by atoms with Crippen molar-refractivity contribution >= 4 is 23.3 Å². The van der Waals surface area contributed by atoms with Crippen LogP contribution in [-0.2, 0) is 6.18 Å². The third-order valence-electron chi connectivity index (χ3n) is 3.83. The number of phenols is 1. The molecule has 0 aliphatic carbocycles. The Morgan fingerprint density at radius 3 is 2.40 bits per heavy atom. The number of aliphatic imine (C=N–C) groups is 1. The third kappa shape index (κ3) is 5.33. The van der Waals surface area contributed by atoms with Crippen molar-refractivity contribution in [3.8, 4) is 11.5 Å². The number of hydrogen-bond acceptors (Lipinski definition) is 8. The summed E-state index contributed by atoms with van der Waals surface area (Å²) in [5, 5.41) is 34.1. The van der Waals surface area contributed by atoms with Gasteiger partial charge in [-0.05, 0) is 6.07 Å². The van der Waals surface area contributed by atoms with Crippen molar-refractivity contribution in [3.05, 3.63) is 61.7 Å². The fourth-order valence-corrected chi connectivity index (χ4v) is 2.43. The van der Waals surface area contributed by atoms with Gasteiger partial charge in [-0.15, -0.1) is 0 Å². The Bertz CT molecular complexity index is 994. The molecule has 13 heteroatoms. The number of nitro benzene ring substituents is 2. The lowest BCUT2D eigenvalue weighted by Crippen LogP contribution is -2.13. The highest BCUT2D eigenvalue weighted by Gasteiger charge is 2.35. The minimum atomic E-state index is -4.80. The second kappa shape index (κ2) is 9.07. The van der Waals surface area contributed by atoms with Crippen molar-refractivity contribution in [2.75, 3.05) is 25.5 Å². The fraction of sp³-hybridized carbons (Fsp3) is 0.235. The SMILES string of the molecule is COc1cc([N+](=O)[O-])cc(C=NCCNc2ccc([N+](=O)[O-])cc2C(F)(F)F)c1O. The van der Waals surface area contributed by atoms with E-state index in [0.717, 1.165) is 30.5 Å². The molecule has 0 aliphatic rings. The van der Waals surface area contributed by atoms with Crippen molar-refractivity contribution in [2.24, 2.45) is 4.99 Å². The maximum absolute atomic E-state index is 13.1. The average molecular weight is 428 g/mol. The van der Waals surface area contributed by atoms with Crippen molar-refractivity contribution in [1.82, 2.24) is 0 Å². The number of hydrogen-bond donors (Lipinski definition) is 2. The molecule has 0 bridgehead atoms. The summed E-state index contributed by atoms with van der Waals surface area (Å²) >= 11 is 0. The van der Waals surface area contributed by atoms with E-state index in [-0.39, 0.29) is 41.5 Å². The third-order valence-corrected chi connectivity index (χ3v) is 3.83. The van der Waals surface area contributed by atoms with Gasteiger partial charge in [0, 0.05) is 42.2 Å². The number of methoxy groups -OCH3 is 1. The van der Waals surface area contributed by atoms with Gasteiger partial charge in [0.25, 0.3) is 11.4 Å². The van der Waals surface area contributed by atoms with E-state index < -0.39 is 27.3 Å². The number of nitro groups is 2. The smallest absolute Gasteiger partial charge is 0.418 e. The van der Waals surface area contributed by atoms with Gasteiger partial charge in [-0.25, -0.2) is 0 Å². The van der Waals surface area contributed by atoms with Gasteiger partial charge in [0.2, 0.25) is 0 Å². The number of nitrogens with one attached hydrogen (secondary N) is 1. The number of phenolic OH excluding ortho intramolecular Hbond substituents is 1. The molecule has 0 atom stereocenters. The van der Waals surface area contributed by atoms with Gasteiger partial charge in [-0.3, -0.25) is 25.2 Å². The molecule has 160 valence electrons. The van der Waals surface area contributed by atoms with Crippen molar-refractivity contribution < 1.29 is 32.9 Å². The standard InChI is InChI=1S/C17H15F3N4O6/c1-30-15-8-12(24(28)29)6-10(16(15)25)9-21-4-5-22-14-3-2-11(23(26)27)7-13(14)17(18,19)20/h2-3,6-9,22,25H,4-5H2,1H3. The number of alkyl halides is 3. The number of ether oxygens (including phenoxy) is 1. The lowest BCUT2D eigenvalue weighted by Gasteiger charge is -2.13. The highest BCUT2D eigenvalue weighted by atomic mass is 19.4. The molecule has 0 unspecified atom stereocenters. The summed E-state index contributed by atoms with van der Waals surface area (Å²) < 4.78 is 44.2. The predicted molar refractivity (Wildman–Crippen MR) is 100 cm³/mol. The van der Waals surface area contributed by atoms with Gasteiger partial charge >= 0.3 is 6.18 Å². The van der Waals surface area contributed by atoms with E-state index >= 15 is 0 Å². The monoisotopic (exact) mass is 428 g/mol. The predicted octanol–water partition coefficient (Wildman–Crippen LogP) is 3.77. The summed E-state index contributed by atoms with van der Waals surface area (Å²) in [5.74, 6) is -0.515. The summed E-state index contributed by atoms with van der Waals surface area (Å²) in [6.45, 7) is -0.136. The van der Waals surface area contributed by atoms with Gasteiger partial charge in [0.05, 0.1) is 35.1 Å². The minimum Gasteiger partial charge on any atom is -0.504 e. The molecule has 0 fully saturated rings. The van der Waals surface area contributed by atoms with Crippen LogP contribution in [0.3, 0.4) is 0 Å². The van der Waals surface area contributed by atoms with Crippen LogP contribution in [0.25, 0.3) is 0 Å². The van der Waals surface area contributed by atoms with E-state index in [0.29, 0.717) is 6.07 Å². The molecule has 0 radical (unpaired) electrons. The molecule has 0 spiro atoms. The molecule has 0 saturated carbocycles. The summed E-state index contributed by atoms with van der Waals surface area (Å²) in [4.78, 5) is 23.9. The summed E-state index contributed by atoms with van der Waals surface area (Å²) in [6.07, 6.45) is -3.68. The molecule has 10 nitrogen and oxygen atoms in total. The van der Waals surface area contributed by atoms with Crippen LogP contribution in [0.2, 0.25) is 0 Å². The van der Waals surface area contributed by atoms with Crippen molar-refractivity contribution in [2.45, 2.75) is 6.18 Å². The summed E-state index contributed by atoms with van der Waals surface area (Å²) in [7, 11) is 1.21. The molecule has 0 saturated heterocycles. The maximum atomic E-state index is 13.1. The number of halogens is 3. The van der Waals surface area contributed by atoms with Crippen LogP contribution in [0.4, 0.5) is 30.2 Å². The molecular formula is C17H15F3N4O6. The van der Waals surface area contributed by atoms with E-state index in [1.54, 1.807) is 0 Å². The normalized spacial score (nSPS) is 11.5. The first-order valence-corrected chi connectivity index (χ1v) is 8.19. The molecule has 2 rings (SSSR count). The number of benzene rings is 2. The van der Waals surface area contributed by atoms with E-state index in [9.17, 15) is 38.5 Å². The highest BCUT2D eigenvalue weighted by Crippen LogP contribution is 2.37. The first-order chi connectivity index (χ1) is 14.0. The first kappa shape index (κ1) is 22.4. The van der Waals surface area contributed by atoms with Gasteiger partial charge in [0.15, 0.2) is 11.5 Å². The van der Waals surface area contributed by atoms with Crippen LogP contribution in [0.5, 0.6) is 11.5 Å². The molecule has 0 aromatic heterocycles. The van der Waals surface area contributed by atoms with Crippen LogP contribution >= 0.6 is 0 Å². The molecular weight excluding hydrogens is 413 g/mol. The average Bonchev–Trinajstić information content (AvgIpc) is 2.67. The molecule has 0 heterocycles. The number of non-ortho nitro benzene ring substituents is 2. The second-order valence-corrected chi connectivity index (χ2v) is 5.79. The van der Waals surface area contributed by atoms with Crippen molar-refractivity contribution in [1.29, 1.82) is 0 Å². The number of aromatic hydroxyl groups is 1. The minimum absolute atomic E-state index is 0.00707. The number of nitrogens with zero attached hydrogens (tertiary/aromatic N) is 3. The van der Waals surface area contributed by atoms with Crippen LogP contribution < -0.4 is 10.1 Å². The van der Waals surface area contributed by atoms with E-state index in [4.69, 9.17) is 4.74 Å². The second-order valence-electron chi connectivity index (χ2n) is 5.79. The topological polar surface area (TPSA) is 140 Å². The highest BCUT2D eigenvalue weighted by molar-refractivity contribution is 5.86. The Hall–Kier alpha value is -3.90. The zero-order chi connectivity index (χ0) is 22.5. The lowest BCUT2D eigenvalue weighted by atomic mass is 10.1. The van der Waals surface area contributed by atoms with E-state index in [1.807, 2.05) is 0 Å². The Labute approximate surface area is 166 Å². The maximum Gasteiger partial charge on any atom is 0.418 e. The van der Waals surface area contributed by atoms with Crippen LogP contribution in [0.15, 0.2) is 35.3 Å². The molecule has 2 aromatic rings. The first-order valence-electron chi connectivity index (χ1n) is 8.19. The molecule has 30 heavy (non-hydrogen) atoms. The lowest BCUT2D eigenvalue weighted by molar-refractivity contribution is -0.385. The Morgan fingerprint density at radius 2 is 1.83 bits per heavy atom. The van der Waals surface area contributed by atoms with Gasteiger partial charge in [-0.1, -0.05) is 0 Å².